The molecule has 1 unspecified atom stereocenters. The van der Waals surface area contributed by atoms with Gasteiger partial charge >= 0.3 is 5.97 Å². The summed E-state index contributed by atoms with van der Waals surface area (Å²) in [5, 5.41) is 22.9. The molecule has 1 aromatic carbocycles. The van der Waals surface area contributed by atoms with Crippen molar-refractivity contribution in [2.24, 2.45) is 0 Å². The van der Waals surface area contributed by atoms with Crippen LogP contribution in [0.5, 0.6) is 0 Å². The van der Waals surface area contributed by atoms with Gasteiger partial charge in [-0.15, -0.1) is 5.10 Å². The molecular formula is C13H13N5O3S. The SMILES string of the molecule is O=C(NC1(C(=O)O)CCSC1)c1cccc(-n2cnnn2)c1. The van der Waals surface area contributed by atoms with Crippen molar-refractivity contribution in [3.8, 4) is 5.69 Å². The minimum absolute atomic E-state index is 0.366. The second-order valence-electron chi connectivity index (χ2n) is 4.95. The van der Waals surface area contributed by atoms with E-state index in [2.05, 4.69) is 20.8 Å². The summed E-state index contributed by atoms with van der Waals surface area (Å²) in [4.78, 5) is 23.9. The Labute approximate surface area is 129 Å². The Kier molecular flexibility index (Phi) is 3.80. The van der Waals surface area contributed by atoms with E-state index < -0.39 is 17.4 Å². The first kappa shape index (κ1) is 14.5. The molecule has 1 amide bonds. The topological polar surface area (TPSA) is 110 Å². The molecule has 2 N–H and O–H groups in total. The molecule has 0 saturated carbocycles. The number of benzene rings is 1. The Morgan fingerprint density at radius 3 is 2.91 bits per heavy atom. The van der Waals surface area contributed by atoms with Crippen LogP contribution in [-0.4, -0.2) is 54.2 Å². The number of rotatable bonds is 4. The number of carboxylic acid groups (broad SMARTS) is 1. The molecular weight excluding hydrogens is 306 g/mol. The monoisotopic (exact) mass is 319 g/mol. The minimum Gasteiger partial charge on any atom is -0.479 e. The molecule has 9 heteroatoms. The fraction of sp³-hybridized carbons (Fsp3) is 0.308. The molecule has 3 rings (SSSR count). The predicted octanol–water partition coefficient (Wildman–Crippen LogP) is 0.352. The van der Waals surface area contributed by atoms with Gasteiger partial charge in [0.25, 0.3) is 5.91 Å². The Morgan fingerprint density at radius 1 is 1.41 bits per heavy atom. The Hall–Kier alpha value is -2.42. The molecule has 0 bridgehead atoms. The number of tetrazole rings is 1. The Morgan fingerprint density at radius 2 is 2.27 bits per heavy atom. The number of aliphatic carboxylic acids is 1. The highest BCUT2D eigenvalue weighted by atomic mass is 32.2. The zero-order valence-corrected chi connectivity index (χ0v) is 12.3. The van der Waals surface area contributed by atoms with Crippen molar-refractivity contribution < 1.29 is 14.7 Å². The van der Waals surface area contributed by atoms with Crippen LogP contribution in [0.4, 0.5) is 0 Å². The lowest BCUT2D eigenvalue weighted by Gasteiger charge is -2.24. The summed E-state index contributed by atoms with van der Waals surface area (Å²) in [6, 6.07) is 6.69. The van der Waals surface area contributed by atoms with Gasteiger partial charge in [-0.2, -0.15) is 11.8 Å². The molecule has 1 aromatic heterocycles. The summed E-state index contributed by atoms with van der Waals surface area (Å²) in [5.74, 6) is -0.319. The number of carbonyl (C=O) groups is 2. The van der Waals surface area contributed by atoms with Crippen LogP contribution in [0.3, 0.4) is 0 Å². The zero-order chi connectivity index (χ0) is 15.6. The molecule has 1 saturated heterocycles. The van der Waals surface area contributed by atoms with Crippen molar-refractivity contribution >= 4 is 23.6 Å². The number of hydrogen-bond donors (Lipinski definition) is 2. The largest absolute Gasteiger partial charge is 0.479 e. The van der Waals surface area contributed by atoms with E-state index >= 15 is 0 Å². The number of nitrogens with one attached hydrogen (secondary N) is 1. The highest BCUT2D eigenvalue weighted by Crippen LogP contribution is 2.28. The van der Waals surface area contributed by atoms with E-state index in [1.54, 1.807) is 24.3 Å². The third-order valence-electron chi connectivity index (χ3n) is 3.51. The molecule has 22 heavy (non-hydrogen) atoms. The van der Waals surface area contributed by atoms with Gasteiger partial charge in [-0.3, -0.25) is 4.79 Å². The number of amides is 1. The number of hydrogen-bond acceptors (Lipinski definition) is 6. The number of carboxylic acids is 1. The average Bonchev–Trinajstić information content (AvgIpc) is 3.19. The Bertz CT molecular complexity index is 697. The molecule has 1 fully saturated rings. The van der Waals surface area contributed by atoms with Crippen molar-refractivity contribution in [1.82, 2.24) is 25.5 Å². The maximum atomic E-state index is 12.4. The summed E-state index contributed by atoms with van der Waals surface area (Å²) >= 11 is 1.52. The summed E-state index contributed by atoms with van der Waals surface area (Å²) < 4.78 is 1.43. The highest BCUT2D eigenvalue weighted by Gasteiger charge is 2.43. The normalized spacial score (nSPS) is 20.7. The second-order valence-corrected chi connectivity index (χ2v) is 6.05. The van der Waals surface area contributed by atoms with Gasteiger partial charge in [0.05, 0.1) is 5.69 Å². The van der Waals surface area contributed by atoms with E-state index in [4.69, 9.17) is 0 Å². The summed E-state index contributed by atoms with van der Waals surface area (Å²) in [6.07, 6.45) is 1.84. The molecule has 2 aromatic rings. The standard InChI is InChI=1S/C13H13N5O3S/c19-11(15-13(12(20)21)4-5-22-7-13)9-2-1-3-10(6-9)18-8-14-16-17-18/h1-3,6,8H,4-5,7H2,(H,15,19)(H,20,21). The van der Waals surface area contributed by atoms with Gasteiger partial charge in [0.15, 0.2) is 0 Å². The van der Waals surface area contributed by atoms with Gasteiger partial charge < -0.3 is 10.4 Å². The number of aromatic nitrogens is 4. The third-order valence-corrected chi connectivity index (χ3v) is 4.70. The fourth-order valence-corrected chi connectivity index (χ4v) is 3.57. The zero-order valence-electron chi connectivity index (χ0n) is 11.5. The lowest BCUT2D eigenvalue weighted by Crippen LogP contribution is -2.54. The van der Waals surface area contributed by atoms with Crippen molar-refractivity contribution in [2.75, 3.05) is 11.5 Å². The average molecular weight is 319 g/mol. The Balaban J connectivity index is 1.83. The first-order chi connectivity index (χ1) is 10.6. The number of nitrogens with zero attached hydrogens (tertiary/aromatic N) is 4. The molecule has 0 radical (unpaired) electrons. The molecule has 8 nitrogen and oxygen atoms in total. The van der Waals surface area contributed by atoms with E-state index in [9.17, 15) is 14.7 Å². The van der Waals surface area contributed by atoms with E-state index in [1.807, 2.05) is 0 Å². The maximum Gasteiger partial charge on any atom is 0.330 e. The van der Waals surface area contributed by atoms with E-state index in [1.165, 1.54) is 22.8 Å². The molecule has 114 valence electrons. The third kappa shape index (κ3) is 2.67. The predicted molar refractivity (Wildman–Crippen MR) is 78.9 cm³/mol. The van der Waals surface area contributed by atoms with Crippen molar-refractivity contribution in [1.29, 1.82) is 0 Å². The fourth-order valence-electron chi connectivity index (χ4n) is 2.24. The lowest BCUT2D eigenvalue weighted by molar-refractivity contribution is -0.143. The van der Waals surface area contributed by atoms with Crippen LogP contribution in [-0.2, 0) is 4.79 Å². The van der Waals surface area contributed by atoms with Gasteiger partial charge in [0.2, 0.25) is 0 Å². The van der Waals surface area contributed by atoms with Crippen LogP contribution >= 0.6 is 11.8 Å². The molecule has 2 heterocycles. The minimum atomic E-state index is -1.19. The summed E-state index contributed by atoms with van der Waals surface area (Å²) in [5.41, 5.74) is -0.194. The first-order valence-corrected chi connectivity index (χ1v) is 7.73. The van der Waals surface area contributed by atoms with Crippen LogP contribution < -0.4 is 5.32 Å². The van der Waals surface area contributed by atoms with Crippen molar-refractivity contribution in [3.63, 3.8) is 0 Å². The molecule has 0 spiro atoms. The second kappa shape index (κ2) is 5.76. The quantitative estimate of drug-likeness (QED) is 0.836. The van der Waals surface area contributed by atoms with Gasteiger partial charge in [-0.1, -0.05) is 6.07 Å². The van der Waals surface area contributed by atoms with Gasteiger partial charge in [-0.25, -0.2) is 9.48 Å². The molecule has 1 aliphatic heterocycles. The highest BCUT2D eigenvalue weighted by molar-refractivity contribution is 7.99. The number of thioether (sulfide) groups is 1. The van der Waals surface area contributed by atoms with Crippen LogP contribution in [0.25, 0.3) is 5.69 Å². The lowest BCUT2D eigenvalue weighted by atomic mass is 9.98. The van der Waals surface area contributed by atoms with Gasteiger partial charge in [-0.05, 0) is 40.8 Å². The first-order valence-electron chi connectivity index (χ1n) is 6.58. The van der Waals surface area contributed by atoms with E-state index in [0.29, 0.717) is 23.4 Å². The van der Waals surface area contributed by atoms with E-state index in [0.717, 1.165) is 5.75 Å². The molecule has 0 aliphatic carbocycles. The van der Waals surface area contributed by atoms with E-state index in [-0.39, 0.29) is 0 Å². The molecule has 1 aliphatic rings. The summed E-state index contributed by atoms with van der Waals surface area (Å²) in [6.45, 7) is 0. The summed E-state index contributed by atoms with van der Waals surface area (Å²) in [7, 11) is 0. The van der Waals surface area contributed by atoms with Crippen molar-refractivity contribution in [2.45, 2.75) is 12.0 Å². The maximum absolute atomic E-state index is 12.4. The van der Waals surface area contributed by atoms with Crippen LogP contribution in [0.15, 0.2) is 30.6 Å². The smallest absolute Gasteiger partial charge is 0.330 e. The molecule has 1 atom stereocenters. The van der Waals surface area contributed by atoms with Crippen LogP contribution in [0.2, 0.25) is 0 Å². The van der Waals surface area contributed by atoms with Crippen LogP contribution in [0.1, 0.15) is 16.8 Å². The van der Waals surface area contributed by atoms with Gasteiger partial charge in [0, 0.05) is 11.3 Å². The van der Waals surface area contributed by atoms with Gasteiger partial charge in [0.1, 0.15) is 11.9 Å². The number of carbonyl (C=O) groups excluding carboxylic acids is 1. The van der Waals surface area contributed by atoms with Crippen molar-refractivity contribution in [3.05, 3.63) is 36.2 Å². The van der Waals surface area contributed by atoms with Crippen LogP contribution in [0, 0.1) is 0 Å².